The summed E-state index contributed by atoms with van der Waals surface area (Å²) in [6, 6.07) is 8.64. The molecule has 94 valence electrons. The number of hydrogen-bond donors (Lipinski definition) is 2. The quantitative estimate of drug-likeness (QED) is 0.696. The molecule has 19 heavy (non-hydrogen) atoms. The lowest BCUT2D eigenvalue weighted by atomic mass is 10.2. The van der Waals surface area contributed by atoms with Crippen LogP contribution in [0.25, 0.3) is 22.4 Å². The molecule has 0 saturated heterocycles. The number of phenolic OH excluding ortho intramolecular Hbond substituents is 1. The Kier molecular flexibility index (Phi) is 2.45. The molecule has 0 aliphatic carbocycles. The summed E-state index contributed by atoms with van der Waals surface area (Å²) >= 11 is 0. The zero-order chi connectivity index (χ0) is 13.4. The van der Waals surface area contributed by atoms with Crippen molar-refractivity contribution in [3.63, 3.8) is 0 Å². The minimum atomic E-state index is -0.217. The standard InChI is InChI=1S/C14H9NO4/c16-8-1-3-10-12(18)6-14(19-13(10)5-8)11-4-2-9(17)7-15-11/h1-7,16-17H. The molecule has 1 aromatic carbocycles. The number of pyridine rings is 1. The highest BCUT2D eigenvalue weighted by Crippen LogP contribution is 2.23. The largest absolute Gasteiger partial charge is 0.508 e. The minimum absolute atomic E-state index is 0.0199. The number of fused-ring (bicyclic) bond motifs is 1. The lowest BCUT2D eigenvalue weighted by Gasteiger charge is -2.03. The first-order valence-corrected chi connectivity index (χ1v) is 5.56. The fourth-order valence-corrected chi connectivity index (χ4v) is 1.80. The summed E-state index contributed by atoms with van der Waals surface area (Å²) in [5.41, 5.74) is 0.503. The molecule has 0 bridgehead atoms. The molecule has 0 unspecified atom stereocenters. The number of aromatic nitrogens is 1. The van der Waals surface area contributed by atoms with E-state index >= 15 is 0 Å². The van der Waals surface area contributed by atoms with Crippen LogP contribution in [0.5, 0.6) is 11.5 Å². The molecule has 0 fully saturated rings. The van der Waals surface area contributed by atoms with E-state index in [0.29, 0.717) is 11.1 Å². The topological polar surface area (TPSA) is 83.6 Å². The maximum atomic E-state index is 11.9. The third-order valence-electron chi connectivity index (χ3n) is 2.71. The summed E-state index contributed by atoms with van der Waals surface area (Å²) < 4.78 is 5.55. The van der Waals surface area contributed by atoms with Gasteiger partial charge in [0.25, 0.3) is 0 Å². The van der Waals surface area contributed by atoms with Gasteiger partial charge in [-0.15, -0.1) is 0 Å². The molecule has 3 rings (SSSR count). The predicted octanol–water partition coefficient (Wildman–Crippen LogP) is 2.27. The van der Waals surface area contributed by atoms with E-state index in [1.807, 2.05) is 0 Å². The van der Waals surface area contributed by atoms with Crippen molar-refractivity contribution in [1.29, 1.82) is 0 Å². The van der Waals surface area contributed by atoms with Crippen molar-refractivity contribution in [3.05, 3.63) is 52.8 Å². The SMILES string of the molecule is O=c1cc(-c2ccc(O)cn2)oc2cc(O)ccc12. The van der Waals surface area contributed by atoms with Gasteiger partial charge in [-0.1, -0.05) is 0 Å². The highest BCUT2D eigenvalue weighted by Gasteiger charge is 2.08. The van der Waals surface area contributed by atoms with Crippen LogP contribution in [0.15, 0.2) is 51.8 Å². The highest BCUT2D eigenvalue weighted by atomic mass is 16.3. The minimum Gasteiger partial charge on any atom is -0.508 e. The van der Waals surface area contributed by atoms with Gasteiger partial charge in [0.05, 0.1) is 11.6 Å². The molecule has 3 aromatic rings. The molecule has 2 aromatic heterocycles. The van der Waals surface area contributed by atoms with Crippen LogP contribution in [0, 0.1) is 0 Å². The van der Waals surface area contributed by atoms with Crippen molar-refractivity contribution >= 4 is 11.0 Å². The van der Waals surface area contributed by atoms with Crippen LogP contribution in [-0.4, -0.2) is 15.2 Å². The van der Waals surface area contributed by atoms with Crippen molar-refractivity contribution in [2.45, 2.75) is 0 Å². The second-order valence-corrected chi connectivity index (χ2v) is 4.06. The van der Waals surface area contributed by atoms with Crippen LogP contribution in [0.1, 0.15) is 0 Å². The van der Waals surface area contributed by atoms with Gasteiger partial charge < -0.3 is 14.6 Å². The first-order chi connectivity index (χ1) is 9.13. The van der Waals surface area contributed by atoms with Crippen LogP contribution < -0.4 is 5.43 Å². The smallest absolute Gasteiger partial charge is 0.193 e. The van der Waals surface area contributed by atoms with E-state index in [1.54, 1.807) is 6.07 Å². The third kappa shape index (κ3) is 2.01. The van der Waals surface area contributed by atoms with Crippen molar-refractivity contribution in [2.24, 2.45) is 0 Å². The van der Waals surface area contributed by atoms with Gasteiger partial charge in [0.2, 0.25) is 0 Å². The number of aromatic hydroxyl groups is 2. The molecule has 0 aliphatic rings. The Hall–Kier alpha value is -2.82. The Morgan fingerprint density at radius 1 is 1.00 bits per heavy atom. The normalized spacial score (nSPS) is 10.7. The van der Waals surface area contributed by atoms with Gasteiger partial charge in [0.1, 0.15) is 22.8 Å². The number of benzene rings is 1. The van der Waals surface area contributed by atoms with Crippen LogP contribution in [0.4, 0.5) is 0 Å². The summed E-state index contributed by atoms with van der Waals surface area (Å²) in [5, 5.41) is 19.0. The maximum absolute atomic E-state index is 11.9. The second-order valence-electron chi connectivity index (χ2n) is 4.06. The van der Waals surface area contributed by atoms with Crippen molar-refractivity contribution < 1.29 is 14.6 Å². The monoisotopic (exact) mass is 255 g/mol. The average molecular weight is 255 g/mol. The van der Waals surface area contributed by atoms with E-state index in [9.17, 15) is 15.0 Å². The summed E-state index contributed by atoms with van der Waals surface area (Å²) in [6.07, 6.45) is 1.27. The summed E-state index contributed by atoms with van der Waals surface area (Å²) in [7, 11) is 0. The molecule has 0 aliphatic heterocycles. The molecule has 0 saturated carbocycles. The van der Waals surface area contributed by atoms with Gasteiger partial charge in [-0.05, 0) is 24.3 Å². The number of nitrogens with zero attached hydrogens (tertiary/aromatic N) is 1. The first kappa shape index (κ1) is 11.3. The summed E-state index contributed by atoms with van der Waals surface area (Å²) in [4.78, 5) is 15.9. The van der Waals surface area contributed by atoms with Crippen LogP contribution in [0.2, 0.25) is 0 Å². The van der Waals surface area contributed by atoms with Crippen LogP contribution in [0.3, 0.4) is 0 Å². The zero-order valence-corrected chi connectivity index (χ0v) is 9.70. The molecule has 0 atom stereocenters. The van der Waals surface area contributed by atoms with Crippen molar-refractivity contribution in [2.75, 3.05) is 0 Å². The van der Waals surface area contributed by atoms with E-state index in [1.165, 1.54) is 36.5 Å². The van der Waals surface area contributed by atoms with E-state index in [4.69, 9.17) is 4.42 Å². The van der Waals surface area contributed by atoms with Gasteiger partial charge >= 0.3 is 0 Å². The highest BCUT2D eigenvalue weighted by molar-refractivity contribution is 5.79. The number of rotatable bonds is 1. The molecule has 0 spiro atoms. The van der Waals surface area contributed by atoms with Crippen molar-refractivity contribution in [3.8, 4) is 23.0 Å². The molecular formula is C14H9NO4. The molecular weight excluding hydrogens is 246 g/mol. The Morgan fingerprint density at radius 2 is 1.79 bits per heavy atom. The van der Waals surface area contributed by atoms with Gasteiger partial charge in [0, 0.05) is 12.1 Å². The molecule has 2 N–H and O–H groups in total. The second kappa shape index (κ2) is 4.13. The molecule has 2 heterocycles. The first-order valence-electron chi connectivity index (χ1n) is 5.56. The number of phenols is 1. The van der Waals surface area contributed by atoms with E-state index in [0.717, 1.165) is 0 Å². The Labute approximate surface area is 107 Å². The van der Waals surface area contributed by atoms with Crippen LogP contribution in [-0.2, 0) is 0 Å². The fourth-order valence-electron chi connectivity index (χ4n) is 1.80. The third-order valence-corrected chi connectivity index (χ3v) is 2.71. The van der Waals surface area contributed by atoms with Gasteiger partial charge in [-0.3, -0.25) is 4.79 Å². The Balaban J connectivity index is 2.25. The zero-order valence-electron chi connectivity index (χ0n) is 9.70. The van der Waals surface area contributed by atoms with E-state index in [-0.39, 0.29) is 28.3 Å². The van der Waals surface area contributed by atoms with Gasteiger partial charge in [0.15, 0.2) is 11.2 Å². The molecule has 5 heteroatoms. The van der Waals surface area contributed by atoms with E-state index in [2.05, 4.69) is 4.98 Å². The Bertz CT molecular complexity index is 806. The molecule has 5 nitrogen and oxygen atoms in total. The van der Waals surface area contributed by atoms with Gasteiger partial charge in [-0.2, -0.15) is 0 Å². The predicted molar refractivity (Wildman–Crippen MR) is 69.0 cm³/mol. The van der Waals surface area contributed by atoms with Crippen molar-refractivity contribution in [1.82, 2.24) is 4.98 Å². The van der Waals surface area contributed by atoms with Crippen LogP contribution >= 0.6 is 0 Å². The lowest BCUT2D eigenvalue weighted by molar-refractivity contribution is 0.472. The van der Waals surface area contributed by atoms with E-state index < -0.39 is 0 Å². The molecule has 0 radical (unpaired) electrons. The Morgan fingerprint density at radius 3 is 2.53 bits per heavy atom. The maximum Gasteiger partial charge on any atom is 0.193 e. The lowest BCUT2D eigenvalue weighted by Crippen LogP contribution is -2.00. The average Bonchev–Trinajstić information content (AvgIpc) is 2.38. The fraction of sp³-hybridized carbons (Fsp3) is 0. The summed E-state index contributed by atoms with van der Waals surface area (Å²) in [6.45, 7) is 0. The molecule has 0 amide bonds. The number of hydrogen-bond acceptors (Lipinski definition) is 5. The summed E-state index contributed by atoms with van der Waals surface area (Å²) in [5.74, 6) is 0.332. The van der Waals surface area contributed by atoms with Gasteiger partial charge in [-0.25, -0.2) is 4.98 Å².